The predicted octanol–water partition coefficient (Wildman–Crippen LogP) is 6.78. The number of aromatic nitrogens is 4. The van der Waals surface area contributed by atoms with Gasteiger partial charge in [0.05, 0.1) is 5.52 Å². The number of hydrogen-bond donors (Lipinski definition) is 0. The van der Waals surface area contributed by atoms with Gasteiger partial charge in [0, 0.05) is 34.0 Å². The number of rotatable bonds is 5. The summed E-state index contributed by atoms with van der Waals surface area (Å²) in [5, 5.41) is 11.3. The van der Waals surface area contributed by atoms with Gasteiger partial charge in [-0.1, -0.05) is 114 Å². The number of para-hydroxylation sites is 1. The topological polar surface area (TPSA) is 52.2 Å². The third-order valence-corrected chi connectivity index (χ3v) is 6.91. The highest BCUT2D eigenvalue weighted by Gasteiger charge is 2.24. The maximum Gasteiger partial charge on any atom is 0.211 e. The number of hydrogen-bond acceptors (Lipinski definition) is 3. The Bertz CT molecular complexity index is 1900. The van der Waals surface area contributed by atoms with E-state index in [1.165, 1.54) is 5.56 Å². The summed E-state index contributed by atoms with van der Waals surface area (Å²) in [4.78, 5) is 13.8. The number of benzene rings is 4. The van der Waals surface area contributed by atoms with Crippen molar-refractivity contribution in [1.82, 2.24) is 19.4 Å². The van der Waals surface area contributed by atoms with Crippen LogP contribution >= 0.6 is 0 Å². The van der Waals surface area contributed by atoms with E-state index in [9.17, 15) is 4.79 Å². The Morgan fingerprint density at radius 2 is 1.32 bits per heavy atom. The summed E-state index contributed by atoms with van der Waals surface area (Å²) in [6.45, 7) is 0.686. The van der Waals surface area contributed by atoms with Gasteiger partial charge in [0.2, 0.25) is 5.78 Å². The summed E-state index contributed by atoms with van der Waals surface area (Å²) in [5.74, 6) is -0.0862. The number of carbonyl (C=O) groups is 1. The molecule has 0 aliphatic rings. The van der Waals surface area contributed by atoms with Crippen LogP contribution in [0.25, 0.3) is 38.6 Å². The molecule has 0 fully saturated rings. The third-order valence-electron chi connectivity index (χ3n) is 6.91. The van der Waals surface area contributed by atoms with Crippen molar-refractivity contribution in [2.45, 2.75) is 6.54 Å². The summed E-state index contributed by atoms with van der Waals surface area (Å²) in [6.07, 6.45) is 0. The molecule has 3 heterocycles. The van der Waals surface area contributed by atoms with Gasteiger partial charge in [0.1, 0.15) is 16.9 Å². The van der Waals surface area contributed by atoms with Crippen molar-refractivity contribution >= 4 is 33.1 Å². The van der Waals surface area contributed by atoms with E-state index in [-0.39, 0.29) is 5.78 Å². The van der Waals surface area contributed by atoms with Crippen LogP contribution < -0.4 is 0 Å². The zero-order valence-electron chi connectivity index (χ0n) is 20.0. The normalized spacial score (nSPS) is 11.5. The molecule has 0 spiro atoms. The van der Waals surface area contributed by atoms with Gasteiger partial charge in [0.25, 0.3) is 0 Å². The van der Waals surface area contributed by atoms with Gasteiger partial charge in [0.15, 0.2) is 0 Å². The van der Waals surface area contributed by atoms with E-state index < -0.39 is 0 Å². The Balaban J connectivity index is 1.62. The lowest BCUT2D eigenvalue weighted by atomic mass is 10.0. The lowest BCUT2D eigenvalue weighted by Crippen LogP contribution is -2.10. The van der Waals surface area contributed by atoms with E-state index in [0.29, 0.717) is 17.8 Å². The van der Waals surface area contributed by atoms with Crippen LogP contribution in [0.15, 0.2) is 121 Å². The summed E-state index contributed by atoms with van der Waals surface area (Å²) in [5.41, 5.74) is 6.96. The molecule has 5 heteroatoms. The molecule has 176 valence electrons. The molecule has 0 saturated heterocycles. The van der Waals surface area contributed by atoms with Crippen LogP contribution in [0.2, 0.25) is 0 Å². The maximum absolute atomic E-state index is 13.8. The molecule has 37 heavy (non-hydrogen) atoms. The van der Waals surface area contributed by atoms with Crippen molar-refractivity contribution in [3.63, 3.8) is 0 Å². The smallest absolute Gasteiger partial charge is 0.211 e. The van der Waals surface area contributed by atoms with Gasteiger partial charge in [-0.2, -0.15) is 0 Å². The monoisotopic (exact) mass is 478 g/mol. The number of carbonyl (C=O) groups excluding carboxylic acids is 1. The van der Waals surface area contributed by atoms with Crippen molar-refractivity contribution in [2.24, 2.45) is 0 Å². The maximum atomic E-state index is 13.8. The van der Waals surface area contributed by atoms with E-state index in [2.05, 4.69) is 57.3 Å². The molecule has 4 aromatic carbocycles. The Labute approximate surface area is 213 Å². The first kappa shape index (κ1) is 21.3. The molecule has 0 radical (unpaired) electrons. The molecule has 0 amide bonds. The van der Waals surface area contributed by atoms with Crippen LogP contribution in [0.5, 0.6) is 0 Å². The molecule has 3 aromatic heterocycles. The molecule has 0 aliphatic heterocycles. The molecule has 0 aliphatic carbocycles. The van der Waals surface area contributed by atoms with Crippen LogP contribution in [0.4, 0.5) is 0 Å². The van der Waals surface area contributed by atoms with E-state index >= 15 is 0 Å². The Morgan fingerprint density at radius 1 is 0.676 bits per heavy atom. The fourth-order valence-electron chi connectivity index (χ4n) is 5.21. The number of ketones is 1. The largest absolute Gasteiger partial charge is 0.334 e. The minimum atomic E-state index is -0.0862. The molecule has 5 nitrogen and oxygen atoms in total. The highest BCUT2D eigenvalue weighted by Crippen LogP contribution is 2.37. The summed E-state index contributed by atoms with van der Waals surface area (Å²) in [6, 6.07) is 40.2. The van der Waals surface area contributed by atoms with E-state index in [4.69, 9.17) is 0 Å². The second-order valence-corrected chi connectivity index (χ2v) is 9.14. The van der Waals surface area contributed by atoms with Gasteiger partial charge in [-0.3, -0.25) is 4.79 Å². The molecular weight excluding hydrogens is 456 g/mol. The van der Waals surface area contributed by atoms with Gasteiger partial charge in [-0.05, 0) is 17.7 Å². The first-order chi connectivity index (χ1) is 18.3. The second-order valence-electron chi connectivity index (χ2n) is 9.14. The molecule has 7 aromatic rings. The molecule has 0 N–H and O–H groups in total. The first-order valence-corrected chi connectivity index (χ1v) is 12.3. The van der Waals surface area contributed by atoms with Gasteiger partial charge in [-0.25, -0.2) is 4.52 Å². The molecule has 7 rings (SSSR count). The molecule has 0 atom stereocenters. The van der Waals surface area contributed by atoms with Crippen molar-refractivity contribution in [3.05, 3.63) is 138 Å². The third kappa shape index (κ3) is 3.44. The van der Waals surface area contributed by atoms with Crippen LogP contribution in [-0.4, -0.2) is 25.2 Å². The van der Waals surface area contributed by atoms with Gasteiger partial charge >= 0.3 is 0 Å². The fourth-order valence-corrected chi connectivity index (χ4v) is 5.21. The van der Waals surface area contributed by atoms with Crippen LogP contribution in [0.1, 0.15) is 21.6 Å². The zero-order valence-corrected chi connectivity index (χ0v) is 20.0. The highest BCUT2D eigenvalue weighted by atomic mass is 16.1. The molecule has 0 bridgehead atoms. The number of pyridine rings is 1. The van der Waals surface area contributed by atoms with E-state index in [1.807, 2.05) is 78.9 Å². The minimum Gasteiger partial charge on any atom is -0.334 e. The second kappa shape index (κ2) is 8.57. The van der Waals surface area contributed by atoms with Crippen LogP contribution in [0, 0.1) is 0 Å². The van der Waals surface area contributed by atoms with Crippen molar-refractivity contribution in [2.75, 3.05) is 0 Å². The first-order valence-electron chi connectivity index (χ1n) is 12.3. The minimum absolute atomic E-state index is 0.0862. The molecule has 0 unspecified atom stereocenters. The summed E-state index contributed by atoms with van der Waals surface area (Å²) in [7, 11) is 0. The molecular formula is C32H22N4O. The number of fused-ring (bicyclic) bond motifs is 5. The number of nitrogens with zero attached hydrogens (tertiary/aromatic N) is 4. The fraction of sp³-hybridized carbons (Fsp3) is 0.0312. The molecule has 0 saturated carbocycles. The summed E-state index contributed by atoms with van der Waals surface area (Å²) < 4.78 is 4.04. The van der Waals surface area contributed by atoms with Crippen LogP contribution in [0.3, 0.4) is 0 Å². The van der Waals surface area contributed by atoms with E-state index in [1.54, 1.807) is 4.52 Å². The van der Waals surface area contributed by atoms with Gasteiger partial charge < -0.3 is 4.57 Å². The lowest BCUT2D eigenvalue weighted by Gasteiger charge is -2.11. The van der Waals surface area contributed by atoms with Crippen molar-refractivity contribution in [3.8, 4) is 11.3 Å². The Hall–Kier alpha value is -5.03. The van der Waals surface area contributed by atoms with Crippen LogP contribution in [-0.2, 0) is 6.54 Å². The van der Waals surface area contributed by atoms with Crippen molar-refractivity contribution in [1.29, 1.82) is 0 Å². The lowest BCUT2D eigenvalue weighted by molar-refractivity contribution is 0.103. The highest BCUT2D eigenvalue weighted by molar-refractivity contribution is 6.18. The van der Waals surface area contributed by atoms with Crippen molar-refractivity contribution < 1.29 is 4.79 Å². The Kier molecular flexibility index (Phi) is 4.93. The van der Waals surface area contributed by atoms with Gasteiger partial charge in [-0.15, -0.1) is 5.10 Å². The SMILES string of the molecule is O=C(c1ccccc1)c1cc2c3ccccc3n(Cc3ccccc3)c2c2c(-c3ccccc3)nnn12. The average molecular weight is 479 g/mol. The Morgan fingerprint density at radius 3 is 2.08 bits per heavy atom. The summed E-state index contributed by atoms with van der Waals surface area (Å²) >= 11 is 0. The predicted molar refractivity (Wildman–Crippen MR) is 147 cm³/mol. The quantitative estimate of drug-likeness (QED) is 0.256. The zero-order chi connectivity index (χ0) is 24.8. The standard InChI is InChI=1S/C32H22N4O/c37-32(24-16-8-3-9-17-24)28-20-26-25-18-10-11-19-27(25)35(21-22-12-4-1-5-13-22)30(26)31-29(33-34-36(28)31)23-14-6-2-7-15-23/h1-20H,21H2. The average Bonchev–Trinajstić information content (AvgIpc) is 3.54. The van der Waals surface area contributed by atoms with E-state index in [0.717, 1.165) is 38.6 Å².